The third-order valence-electron chi connectivity index (χ3n) is 3.67. The van der Waals surface area contributed by atoms with Crippen LogP contribution in [0.15, 0.2) is 28.7 Å². The van der Waals surface area contributed by atoms with Gasteiger partial charge in [-0.05, 0) is 37.0 Å². The zero-order chi connectivity index (χ0) is 14.4. The van der Waals surface area contributed by atoms with Crippen molar-refractivity contribution in [2.24, 2.45) is 5.92 Å². The molecule has 1 saturated carbocycles. The molecule has 0 bridgehead atoms. The molecule has 3 N–H and O–H groups in total. The monoisotopic (exact) mass is 340 g/mol. The van der Waals surface area contributed by atoms with Crippen molar-refractivity contribution in [2.75, 3.05) is 18.4 Å². The minimum Gasteiger partial charge on any atom is -0.393 e. The summed E-state index contributed by atoms with van der Waals surface area (Å²) >= 11 is 3.37. The summed E-state index contributed by atoms with van der Waals surface area (Å²) in [4.78, 5) is 11.8. The Kier molecular flexibility index (Phi) is 6.01. The lowest BCUT2D eigenvalue weighted by Gasteiger charge is -2.27. The number of carbonyl (C=O) groups is 1. The van der Waals surface area contributed by atoms with Crippen molar-refractivity contribution in [3.63, 3.8) is 0 Å². The van der Waals surface area contributed by atoms with Crippen molar-refractivity contribution in [2.45, 2.75) is 31.8 Å². The lowest BCUT2D eigenvalue weighted by Crippen LogP contribution is -2.37. The summed E-state index contributed by atoms with van der Waals surface area (Å²) in [5, 5.41) is 15.8. The molecule has 0 saturated heterocycles. The van der Waals surface area contributed by atoms with Crippen LogP contribution in [0.4, 0.5) is 5.69 Å². The number of aliphatic hydroxyl groups is 1. The molecule has 20 heavy (non-hydrogen) atoms. The quantitative estimate of drug-likeness (QED) is 0.771. The number of amides is 1. The van der Waals surface area contributed by atoms with Gasteiger partial charge < -0.3 is 15.7 Å². The van der Waals surface area contributed by atoms with E-state index in [1.807, 2.05) is 24.3 Å². The van der Waals surface area contributed by atoms with E-state index in [4.69, 9.17) is 0 Å². The van der Waals surface area contributed by atoms with Crippen LogP contribution in [-0.4, -0.2) is 30.2 Å². The maximum atomic E-state index is 11.8. The fraction of sp³-hybridized carbons (Fsp3) is 0.533. The SMILES string of the molecule is O=C(CNCC1CCCCC1O)Nc1cccc(Br)c1. The summed E-state index contributed by atoms with van der Waals surface area (Å²) in [7, 11) is 0. The van der Waals surface area contributed by atoms with Crippen molar-refractivity contribution in [1.82, 2.24) is 5.32 Å². The summed E-state index contributed by atoms with van der Waals surface area (Å²) < 4.78 is 0.939. The molecule has 1 aliphatic carbocycles. The maximum Gasteiger partial charge on any atom is 0.238 e. The Morgan fingerprint density at radius 2 is 2.15 bits per heavy atom. The Labute approximate surface area is 128 Å². The normalized spacial score (nSPS) is 22.5. The first-order valence-electron chi connectivity index (χ1n) is 7.09. The van der Waals surface area contributed by atoms with Gasteiger partial charge in [0.05, 0.1) is 12.6 Å². The first-order chi connectivity index (χ1) is 9.65. The summed E-state index contributed by atoms with van der Waals surface area (Å²) in [6.07, 6.45) is 4.00. The second-order valence-corrected chi connectivity index (χ2v) is 6.22. The van der Waals surface area contributed by atoms with Crippen LogP contribution in [-0.2, 0) is 4.79 Å². The van der Waals surface area contributed by atoms with E-state index in [2.05, 4.69) is 26.6 Å². The van der Waals surface area contributed by atoms with E-state index in [0.717, 1.165) is 29.4 Å². The van der Waals surface area contributed by atoms with E-state index in [-0.39, 0.29) is 24.5 Å². The van der Waals surface area contributed by atoms with Crippen LogP contribution in [0.5, 0.6) is 0 Å². The largest absolute Gasteiger partial charge is 0.393 e. The van der Waals surface area contributed by atoms with Gasteiger partial charge in [0.1, 0.15) is 0 Å². The molecule has 2 rings (SSSR count). The highest BCUT2D eigenvalue weighted by Gasteiger charge is 2.22. The predicted octanol–water partition coefficient (Wildman–Crippen LogP) is 2.53. The van der Waals surface area contributed by atoms with E-state index in [9.17, 15) is 9.90 Å². The van der Waals surface area contributed by atoms with Crippen LogP contribution < -0.4 is 10.6 Å². The lowest BCUT2D eigenvalue weighted by atomic mass is 9.86. The lowest BCUT2D eigenvalue weighted by molar-refractivity contribution is -0.115. The number of carbonyl (C=O) groups excluding carboxylic acids is 1. The second-order valence-electron chi connectivity index (χ2n) is 5.30. The number of halogens is 1. The van der Waals surface area contributed by atoms with Crippen LogP contribution in [0.25, 0.3) is 0 Å². The average Bonchev–Trinajstić information content (AvgIpc) is 2.41. The van der Waals surface area contributed by atoms with E-state index < -0.39 is 0 Å². The number of rotatable bonds is 5. The van der Waals surface area contributed by atoms with Crippen molar-refractivity contribution in [3.8, 4) is 0 Å². The van der Waals surface area contributed by atoms with Gasteiger partial charge in [0.15, 0.2) is 0 Å². The molecular weight excluding hydrogens is 320 g/mol. The van der Waals surface area contributed by atoms with Gasteiger partial charge in [0.2, 0.25) is 5.91 Å². The third kappa shape index (κ3) is 4.89. The van der Waals surface area contributed by atoms with Crippen LogP contribution in [0.3, 0.4) is 0 Å². The van der Waals surface area contributed by atoms with Crippen molar-refractivity contribution in [3.05, 3.63) is 28.7 Å². The Bertz CT molecular complexity index is 453. The number of hydrogen-bond acceptors (Lipinski definition) is 3. The molecule has 2 atom stereocenters. The molecule has 0 heterocycles. The highest BCUT2D eigenvalue weighted by atomic mass is 79.9. The third-order valence-corrected chi connectivity index (χ3v) is 4.16. The van der Waals surface area contributed by atoms with Crippen LogP contribution >= 0.6 is 15.9 Å². The minimum atomic E-state index is -0.218. The number of benzene rings is 1. The molecule has 4 nitrogen and oxygen atoms in total. The molecule has 1 aromatic rings. The summed E-state index contributed by atoms with van der Waals surface area (Å²) in [6.45, 7) is 0.975. The summed E-state index contributed by atoms with van der Waals surface area (Å²) in [5.41, 5.74) is 0.781. The molecule has 0 aromatic heterocycles. The molecule has 1 aliphatic rings. The van der Waals surface area contributed by atoms with Crippen molar-refractivity contribution in [1.29, 1.82) is 0 Å². The highest BCUT2D eigenvalue weighted by molar-refractivity contribution is 9.10. The van der Waals surface area contributed by atoms with Gasteiger partial charge in [0.25, 0.3) is 0 Å². The highest BCUT2D eigenvalue weighted by Crippen LogP contribution is 2.23. The van der Waals surface area contributed by atoms with Gasteiger partial charge in [-0.25, -0.2) is 0 Å². The van der Waals surface area contributed by atoms with Crippen LogP contribution in [0, 0.1) is 5.92 Å². The molecule has 5 heteroatoms. The maximum absolute atomic E-state index is 11.8. The van der Waals surface area contributed by atoms with Crippen LogP contribution in [0.1, 0.15) is 25.7 Å². The van der Waals surface area contributed by atoms with Crippen molar-refractivity contribution >= 4 is 27.5 Å². The first kappa shape index (κ1) is 15.5. The minimum absolute atomic E-state index is 0.0617. The molecular formula is C15H21BrN2O2. The summed E-state index contributed by atoms with van der Waals surface area (Å²) in [6, 6.07) is 7.51. The Morgan fingerprint density at radius 1 is 1.35 bits per heavy atom. The number of nitrogens with one attached hydrogen (secondary N) is 2. The van der Waals surface area contributed by atoms with Gasteiger partial charge >= 0.3 is 0 Å². The molecule has 1 amide bonds. The molecule has 0 spiro atoms. The molecule has 0 radical (unpaired) electrons. The topological polar surface area (TPSA) is 61.4 Å². The zero-order valence-corrected chi connectivity index (χ0v) is 13.0. The van der Waals surface area contributed by atoms with E-state index in [1.165, 1.54) is 6.42 Å². The van der Waals surface area contributed by atoms with E-state index in [0.29, 0.717) is 6.54 Å². The van der Waals surface area contributed by atoms with E-state index in [1.54, 1.807) is 0 Å². The van der Waals surface area contributed by atoms with E-state index >= 15 is 0 Å². The Morgan fingerprint density at radius 3 is 2.90 bits per heavy atom. The second kappa shape index (κ2) is 7.76. The van der Waals surface area contributed by atoms with Gasteiger partial charge in [-0.3, -0.25) is 4.79 Å². The number of aliphatic hydroxyl groups excluding tert-OH is 1. The Hall–Kier alpha value is -0.910. The number of anilines is 1. The molecule has 2 unspecified atom stereocenters. The molecule has 0 aliphatic heterocycles. The summed E-state index contributed by atoms with van der Waals surface area (Å²) in [5.74, 6) is 0.218. The fourth-order valence-electron chi connectivity index (χ4n) is 2.57. The Balaban J connectivity index is 1.70. The van der Waals surface area contributed by atoms with Crippen LogP contribution in [0.2, 0.25) is 0 Å². The smallest absolute Gasteiger partial charge is 0.238 e. The number of hydrogen-bond donors (Lipinski definition) is 3. The molecule has 110 valence electrons. The average molecular weight is 341 g/mol. The standard InChI is InChI=1S/C15H21BrN2O2/c16-12-5-3-6-13(8-12)18-15(20)10-17-9-11-4-1-2-7-14(11)19/h3,5-6,8,11,14,17,19H,1-2,4,7,9-10H2,(H,18,20). The van der Waals surface area contributed by atoms with Gasteiger partial charge in [-0.15, -0.1) is 0 Å². The fourth-order valence-corrected chi connectivity index (χ4v) is 2.97. The molecule has 1 fully saturated rings. The van der Waals surface area contributed by atoms with Crippen molar-refractivity contribution < 1.29 is 9.90 Å². The van der Waals surface area contributed by atoms with Gasteiger partial charge in [-0.2, -0.15) is 0 Å². The van der Waals surface area contributed by atoms with Gasteiger partial charge in [0, 0.05) is 16.7 Å². The molecule has 1 aromatic carbocycles. The predicted molar refractivity (Wildman–Crippen MR) is 83.6 cm³/mol. The van der Waals surface area contributed by atoms with Gasteiger partial charge in [-0.1, -0.05) is 34.8 Å². The zero-order valence-electron chi connectivity index (χ0n) is 11.4. The first-order valence-corrected chi connectivity index (χ1v) is 7.88.